The fourth-order valence-electron chi connectivity index (χ4n) is 4.23. The van der Waals surface area contributed by atoms with Crippen LogP contribution >= 0.6 is 0 Å². The number of aromatic nitrogens is 1. The van der Waals surface area contributed by atoms with Gasteiger partial charge in [-0.3, -0.25) is 5.41 Å². The Morgan fingerprint density at radius 1 is 0.939 bits per heavy atom. The number of nitrogens with zero attached hydrogens (tertiary/aromatic N) is 2. The Balaban J connectivity index is 1.92. The molecular weight excluding hydrogens is 418 g/mol. The van der Waals surface area contributed by atoms with E-state index in [4.69, 9.17) is 24.4 Å². The molecule has 1 aromatic heterocycles. The van der Waals surface area contributed by atoms with Crippen LogP contribution in [0.1, 0.15) is 24.5 Å². The number of nitrogens with one attached hydrogen (secondary N) is 1. The molecular formula is C26H27N3O4. The molecule has 2 aromatic carbocycles. The maximum Gasteiger partial charge on any atom is 0.161 e. The highest BCUT2D eigenvalue weighted by molar-refractivity contribution is 5.79. The van der Waals surface area contributed by atoms with Gasteiger partial charge in [-0.2, -0.15) is 5.26 Å². The fourth-order valence-corrected chi connectivity index (χ4v) is 4.23. The summed E-state index contributed by atoms with van der Waals surface area (Å²) in [7, 11) is 4.82. The van der Waals surface area contributed by atoms with Crippen LogP contribution in [0.15, 0.2) is 36.4 Å². The van der Waals surface area contributed by atoms with Crippen molar-refractivity contribution in [2.24, 2.45) is 0 Å². The molecule has 0 amide bonds. The lowest BCUT2D eigenvalue weighted by Crippen LogP contribution is -2.28. The highest BCUT2D eigenvalue weighted by atomic mass is 16.5. The van der Waals surface area contributed by atoms with Gasteiger partial charge in [0.1, 0.15) is 17.1 Å². The van der Waals surface area contributed by atoms with E-state index in [9.17, 15) is 5.26 Å². The summed E-state index contributed by atoms with van der Waals surface area (Å²) in [6, 6.07) is 13.8. The smallest absolute Gasteiger partial charge is 0.161 e. The van der Waals surface area contributed by atoms with Gasteiger partial charge in [-0.1, -0.05) is 13.0 Å². The summed E-state index contributed by atoms with van der Waals surface area (Å²) in [6.07, 6.45) is 1.63. The number of ether oxygens (including phenoxy) is 4. The minimum absolute atomic E-state index is 0.190. The molecule has 2 heterocycles. The van der Waals surface area contributed by atoms with E-state index >= 15 is 0 Å². The van der Waals surface area contributed by atoms with Crippen LogP contribution in [0, 0.1) is 16.7 Å². The molecule has 0 aliphatic carbocycles. The monoisotopic (exact) mass is 445 g/mol. The summed E-state index contributed by atoms with van der Waals surface area (Å²) < 4.78 is 24.2. The molecule has 7 nitrogen and oxygen atoms in total. The van der Waals surface area contributed by atoms with Crippen molar-refractivity contribution in [2.45, 2.75) is 26.3 Å². The van der Waals surface area contributed by atoms with Crippen molar-refractivity contribution in [2.75, 3.05) is 27.9 Å². The van der Waals surface area contributed by atoms with E-state index in [1.54, 1.807) is 21.3 Å². The first-order valence-corrected chi connectivity index (χ1v) is 10.8. The first-order chi connectivity index (χ1) is 16.1. The zero-order valence-corrected chi connectivity index (χ0v) is 19.3. The van der Waals surface area contributed by atoms with Crippen molar-refractivity contribution in [3.8, 4) is 51.5 Å². The van der Waals surface area contributed by atoms with Crippen LogP contribution in [0.2, 0.25) is 0 Å². The zero-order valence-electron chi connectivity index (χ0n) is 19.3. The van der Waals surface area contributed by atoms with Crippen LogP contribution in [0.3, 0.4) is 0 Å². The van der Waals surface area contributed by atoms with Gasteiger partial charge in [-0.05, 0) is 54.3 Å². The predicted octanol–water partition coefficient (Wildman–Crippen LogP) is 4.54. The number of rotatable bonds is 7. The Morgan fingerprint density at radius 3 is 2.30 bits per heavy atom. The summed E-state index contributed by atoms with van der Waals surface area (Å²) in [5.74, 6) is 2.55. The van der Waals surface area contributed by atoms with Gasteiger partial charge in [0.2, 0.25) is 0 Å². The highest BCUT2D eigenvalue weighted by Gasteiger charge is 2.23. The number of hydrogen-bond donors (Lipinski definition) is 1. The van der Waals surface area contributed by atoms with E-state index in [0.717, 1.165) is 35.2 Å². The minimum atomic E-state index is 0.190. The molecule has 3 aromatic rings. The van der Waals surface area contributed by atoms with Crippen LogP contribution in [0.25, 0.3) is 22.4 Å². The number of nitriles is 1. The quantitative estimate of drug-likeness (QED) is 0.577. The molecule has 0 saturated heterocycles. The Bertz CT molecular complexity index is 1300. The first kappa shape index (κ1) is 22.3. The molecule has 1 N–H and O–H groups in total. The Hall–Kier alpha value is -3.92. The second-order valence-corrected chi connectivity index (χ2v) is 7.76. The largest absolute Gasteiger partial charge is 0.493 e. The number of methoxy groups -OCH3 is 3. The Labute approximate surface area is 193 Å². The van der Waals surface area contributed by atoms with Gasteiger partial charge in [-0.25, -0.2) is 0 Å². The van der Waals surface area contributed by atoms with Crippen molar-refractivity contribution in [1.82, 2.24) is 4.57 Å². The van der Waals surface area contributed by atoms with Crippen molar-refractivity contribution >= 4 is 0 Å². The van der Waals surface area contributed by atoms with E-state index in [1.165, 1.54) is 0 Å². The van der Waals surface area contributed by atoms with Crippen molar-refractivity contribution in [3.63, 3.8) is 0 Å². The molecule has 0 unspecified atom stereocenters. The SMILES string of the molecule is CCCOc1ccc(-c2cc3n(c(=N)c2C#N)CCc2cc(OC)c(OC)cc2-3)cc1OC. The third-order valence-electron chi connectivity index (χ3n) is 5.89. The van der Waals surface area contributed by atoms with Crippen LogP contribution in [0.4, 0.5) is 0 Å². The molecule has 0 spiro atoms. The Kier molecular flexibility index (Phi) is 6.27. The number of aryl methyl sites for hydroxylation is 1. The molecule has 7 heteroatoms. The van der Waals surface area contributed by atoms with Crippen LogP contribution in [-0.4, -0.2) is 32.5 Å². The standard InChI is InChI=1S/C26H27N3O4/c1-5-10-33-22-7-6-16(11-23(22)30-2)18-13-21-19-14-25(32-4)24(31-3)12-17(19)8-9-29(21)26(28)20(18)15-27/h6-7,11-14,28H,5,8-10H2,1-4H3. The van der Waals surface area contributed by atoms with Crippen LogP contribution in [0.5, 0.6) is 23.0 Å². The number of pyridine rings is 1. The maximum atomic E-state index is 9.93. The molecule has 4 rings (SSSR count). The maximum absolute atomic E-state index is 9.93. The molecule has 0 atom stereocenters. The Morgan fingerprint density at radius 2 is 1.64 bits per heavy atom. The third-order valence-corrected chi connectivity index (χ3v) is 5.89. The average Bonchev–Trinajstić information content (AvgIpc) is 2.86. The topological polar surface area (TPSA) is 89.5 Å². The van der Waals surface area contributed by atoms with Gasteiger partial charge in [0.25, 0.3) is 0 Å². The number of hydrogen-bond acceptors (Lipinski definition) is 6. The number of benzene rings is 2. The summed E-state index contributed by atoms with van der Waals surface area (Å²) in [4.78, 5) is 0. The van der Waals surface area contributed by atoms with E-state index in [2.05, 4.69) is 6.07 Å². The average molecular weight is 446 g/mol. The molecule has 0 saturated carbocycles. The van der Waals surface area contributed by atoms with E-state index in [-0.39, 0.29) is 5.49 Å². The van der Waals surface area contributed by atoms with Gasteiger partial charge in [0.05, 0.1) is 33.6 Å². The normalized spacial score (nSPS) is 11.7. The van der Waals surface area contributed by atoms with E-state index in [1.807, 2.05) is 47.9 Å². The lowest BCUT2D eigenvalue weighted by atomic mass is 9.92. The minimum Gasteiger partial charge on any atom is -0.493 e. The molecule has 0 bridgehead atoms. The van der Waals surface area contributed by atoms with Gasteiger partial charge < -0.3 is 23.5 Å². The first-order valence-electron chi connectivity index (χ1n) is 10.8. The third kappa shape index (κ3) is 3.89. The molecule has 1 aliphatic rings. The number of fused-ring (bicyclic) bond motifs is 3. The van der Waals surface area contributed by atoms with E-state index < -0.39 is 0 Å². The van der Waals surface area contributed by atoms with Gasteiger partial charge in [0.15, 0.2) is 23.0 Å². The van der Waals surface area contributed by atoms with Crippen molar-refractivity contribution in [1.29, 1.82) is 10.7 Å². The highest BCUT2D eigenvalue weighted by Crippen LogP contribution is 2.40. The molecule has 33 heavy (non-hydrogen) atoms. The molecule has 0 radical (unpaired) electrons. The van der Waals surface area contributed by atoms with Crippen molar-refractivity contribution in [3.05, 3.63) is 53.0 Å². The second-order valence-electron chi connectivity index (χ2n) is 7.76. The zero-order chi connectivity index (χ0) is 23.5. The lowest BCUT2D eigenvalue weighted by Gasteiger charge is -2.25. The molecule has 0 fully saturated rings. The van der Waals surface area contributed by atoms with Gasteiger partial charge in [0, 0.05) is 17.7 Å². The van der Waals surface area contributed by atoms with Crippen LogP contribution in [-0.2, 0) is 13.0 Å². The summed E-state index contributed by atoms with van der Waals surface area (Å²) in [6.45, 7) is 3.25. The fraction of sp³-hybridized carbons (Fsp3) is 0.308. The van der Waals surface area contributed by atoms with Gasteiger partial charge >= 0.3 is 0 Å². The molecule has 1 aliphatic heterocycles. The van der Waals surface area contributed by atoms with Crippen molar-refractivity contribution < 1.29 is 18.9 Å². The summed E-state index contributed by atoms with van der Waals surface area (Å²) >= 11 is 0. The van der Waals surface area contributed by atoms with Gasteiger partial charge in [-0.15, -0.1) is 0 Å². The van der Waals surface area contributed by atoms with Crippen LogP contribution < -0.4 is 24.4 Å². The predicted molar refractivity (Wildman–Crippen MR) is 125 cm³/mol. The van der Waals surface area contributed by atoms with E-state index in [0.29, 0.717) is 47.3 Å². The molecule has 170 valence electrons. The summed E-state index contributed by atoms with van der Waals surface area (Å²) in [5.41, 5.74) is 4.93. The lowest BCUT2D eigenvalue weighted by molar-refractivity contribution is 0.294. The summed E-state index contributed by atoms with van der Waals surface area (Å²) in [5, 5.41) is 18.7. The second kappa shape index (κ2) is 9.29.